The lowest BCUT2D eigenvalue weighted by molar-refractivity contribution is -0.129. The van der Waals surface area contributed by atoms with Crippen LogP contribution in [0.2, 0.25) is 0 Å². The van der Waals surface area contributed by atoms with Gasteiger partial charge in [-0.05, 0) is 47.9 Å². The summed E-state index contributed by atoms with van der Waals surface area (Å²) < 4.78 is 21.1. The van der Waals surface area contributed by atoms with Crippen LogP contribution in [-0.4, -0.2) is 31.2 Å². The number of hydrogen-bond acceptors (Lipinski definition) is 7. The minimum atomic E-state index is -0.543. The molecule has 0 unspecified atom stereocenters. The molecule has 0 saturated heterocycles. The van der Waals surface area contributed by atoms with Gasteiger partial charge in [-0.25, -0.2) is 14.6 Å². The second-order valence-corrected chi connectivity index (χ2v) is 7.02. The number of carbonyl (C=O) groups excluding carboxylic acids is 2. The number of carbonyl (C=O) groups is 2. The summed E-state index contributed by atoms with van der Waals surface area (Å²) in [5.74, 6) is 0.779. The van der Waals surface area contributed by atoms with Crippen molar-refractivity contribution in [1.82, 2.24) is 0 Å². The normalized spacial score (nSPS) is 16.2. The minimum Gasteiger partial charge on any atom is -0.462 e. The quantitative estimate of drug-likeness (QED) is 0.570. The van der Waals surface area contributed by atoms with Crippen molar-refractivity contribution < 1.29 is 28.5 Å². The van der Waals surface area contributed by atoms with Gasteiger partial charge in [-0.2, -0.15) is 0 Å². The van der Waals surface area contributed by atoms with Crippen LogP contribution in [0, 0.1) is 5.92 Å². The van der Waals surface area contributed by atoms with E-state index in [-0.39, 0.29) is 30.3 Å². The van der Waals surface area contributed by atoms with E-state index in [1.54, 1.807) is 48.5 Å². The van der Waals surface area contributed by atoms with Crippen molar-refractivity contribution in [2.75, 3.05) is 13.4 Å². The number of esters is 2. The van der Waals surface area contributed by atoms with Crippen LogP contribution in [0.25, 0.3) is 6.08 Å². The van der Waals surface area contributed by atoms with E-state index >= 15 is 0 Å². The molecule has 0 radical (unpaired) electrons. The summed E-state index contributed by atoms with van der Waals surface area (Å²) in [4.78, 5) is 28.5. The summed E-state index contributed by atoms with van der Waals surface area (Å²) in [6.45, 7) is 4.48. The molecular formula is C22H19NO6. The molecule has 0 spiro atoms. The van der Waals surface area contributed by atoms with Crippen LogP contribution in [0.15, 0.2) is 53.2 Å². The maximum Gasteiger partial charge on any atom is 0.363 e. The minimum absolute atomic E-state index is 0.164. The summed E-state index contributed by atoms with van der Waals surface area (Å²) in [5.41, 5.74) is 1.96. The first-order valence-electron chi connectivity index (χ1n) is 9.19. The van der Waals surface area contributed by atoms with E-state index in [1.807, 2.05) is 13.8 Å². The van der Waals surface area contributed by atoms with Crippen LogP contribution in [0.4, 0.5) is 0 Å². The Kier molecular flexibility index (Phi) is 5.03. The first-order chi connectivity index (χ1) is 14.0. The lowest BCUT2D eigenvalue weighted by Crippen LogP contribution is -2.10. The highest BCUT2D eigenvalue weighted by atomic mass is 16.7. The third-order valence-electron chi connectivity index (χ3n) is 4.24. The lowest BCUT2D eigenvalue weighted by atomic mass is 10.1. The Labute approximate surface area is 167 Å². The smallest absolute Gasteiger partial charge is 0.363 e. The third-order valence-corrected chi connectivity index (χ3v) is 4.24. The molecule has 0 aromatic heterocycles. The summed E-state index contributed by atoms with van der Waals surface area (Å²) >= 11 is 0. The first kappa shape index (κ1) is 18.7. The van der Waals surface area contributed by atoms with Crippen LogP contribution in [0.3, 0.4) is 0 Å². The van der Waals surface area contributed by atoms with Gasteiger partial charge in [0.05, 0.1) is 12.2 Å². The monoisotopic (exact) mass is 393 g/mol. The number of benzene rings is 2. The molecule has 2 heterocycles. The lowest BCUT2D eigenvalue weighted by Gasteiger charge is -2.07. The van der Waals surface area contributed by atoms with Crippen LogP contribution in [-0.2, 0) is 14.3 Å². The average Bonchev–Trinajstić information content (AvgIpc) is 3.32. The van der Waals surface area contributed by atoms with Crippen molar-refractivity contribution in [3.63, 3.8) is 0 Å². The van der Waals surface area contributed by atoms with E-state index in [4.69, 9.17) is 18.9 Å². The van der Waals surface area contributed by atoms with Crippen molar-refractivity contribution in [2.45, 2.75) is 13.8 Å². The number of nitrogens with zero attached hydrogens (tertiary/aromatic N) is 1. The van der Waals surface area contributed by atoms with Gasteiger partial charge in [-0.1, -0.05) is 26.0 Å². The van der Waals surface area contributed by atoms with Crippen molar-refractivity contribution in [3.05, 3.63) is 64.9 Å². The topological polar surface area (TPSA) is 83.4 Å². The van der Waals surface area contributed by atoms with Gasteiger partial charge in [0, 0.05) is 5.56 Å². The highest BCUT2D eigenvalue weighted by Gasteiger charge is 2.26. The predicted octanol–water partition coefficient (Wildman–Crippen LogP) is 3.57. The summed E-state index contributed by atoms with van der Waals surface area (Å²) in [5, 5.41) is 0. The Morgan fingerprint density at radius 3 is 2.66 bits per heavy atom. The van der Waals surface area contributed by atoms with Crippen molar-refractivity contribution in [3.8, 4) is 11.5 Å². The van der Waals surface area contributed by atoms with Gasteiger partial charge >= 0.3 is 11.9 Å². The van der Waals surface area contributed by atoms with E-state index < -0.39 is 5.97 Å². The van der Waals surface area contributed by atoms with Crippen LogP contribution in [0.1, 0.15) is 35.3 Å². The Morgan fingerprint density at radius 1 is 1.14 bits per heavy atom. The summed E-state index contributed by atoms with van der Waals surface area (Å²) in [6.07, 6.45) is 1.60. The van der Waals surface area contributed by atoms with Crippen LogP contribution < -0.4 is 9.47 Å². The van der Waals surface area contributed by atoms with Gasteiger partial charge in [-0.3, -0.25) is 0 Å². The molecule has 0 N–H and O–H groups in total. The molecule has 2 aliphatic heterocycles. The van der Waals surface area contributed by atoms with Gasteiger partial charge < -0.3 is 18.9 Å². The van der Waals surface area contributed by atoms with Gasteiger partial charge in [-0.15, -0.1) is 0 Å². The molecule has 0 saturated carbocycles. The Balaban J connectivity index is 1.50. The number of aliphatic imine (C=N–C) groups is 1. The molecule has 7 nitrogen and oxygen atoms in total. The van der Waals surface area contributed by atoms with E-state index in [0.29, 0.717) is 34.8 Å². The molecule has 148 valence electrons. The van der Waals surface area contributed by atoms with Crippen LogP contribution in [0.5, 0.6) is 11.5 Å². The Morgan fingerprint density at radius 2 is 1.90 bits per heavy atom. The van der Waals surface area contributed by atoms with E-state index in [0.717, 1.165) is 0 Å². The van der Waals surface area contributed by atoms with E-state index in [9.17, 15) is 9.59 Å². The standard InChI is InChI=1S/C22H19NO6/c1-13(2)11-26-21(24)15-5-3-14(4-6-15)9-17-22(25)29-20(23-17)16-7-8-18-19(10-16)28-12-27-18/h3-10,13H,11-12H2,1-2H3. The third kappa shape index (κ3) is 4.13. The molecule has 0 bridgehead atoms. The van der Waals surface area contributed by atoms with E-state index in [2.05, 4.69) is 4.99 Å². The SMILES string of the molecule is CC(C)COC(=O)c1ccc(C=C2N=C(c3ccc4c(c3)OCO4)OC2=O)cc1. The fourth-order valence-corrected chi connectivity index (χ4v) is 2.76. The summed E-state index contributed by atoms with van der Waals surface area (Å²) in [7, 11) is 0. The highest BCUT2D eigenvalue weighted by molar-refractivity contribution is 6.13. The maximum absolute atomic E-state index is 12.2. The number of rotatable bonds is 5. The van der Waals surface area contributed by atoms with E-state index in [1.165, 1.54) is 0 Å². The Bertz CT molecular complexity index is 1020. The van der Waals surface area contributed by atoms with Crippen molar-refractivity contribution in [2.24, 2.45) is 10.9 Å². The fourth-order valence-electron chi connectivity index (χ4n) is 2.76. The molecule has 2 aromatic rings. The summed E-state index contributed by atoms with van der Waals surface area (Å²) in [6, 6.07) is 12.0. The Hall–Kier alpha value is -3.61. The number of fused-ring (bicyclic) bond motifs is 1. The first-order valence-corrected chi connectivity index (χ1v) is 9.19. The number of ether oxygens (including phenoxy) is 4. The van der Waals surface area contributed by atoms with Gasteiger partial charge in [0.2, 0.25) is 12.7 Å². The molecule has 0 fully saturated rings. The molecule has 2 aliphatic rings. The zero-order chi connectivity index (χ0) is 20.4. The zero-order valence-electron chi connectivity index (χ0n) is 16.0. The molecule has 4 rings (SSSR count). The predicted molar refractivity (Wildman–Crippen MR) is 105 cm³/mol. The second kappa shape index (κ2) is 7.79. The highest BCUT2D eigenvalue weighted by Crippen LogP contribution is 2.33. The van der Waals surface area contributed by atoms with Crippen molar-refractivity contribution in [1.29, 1.82) is 0 Å². The average molecular weight is 393 g/mol. The molecular weight excluding hydrogens is 374 g/mol. The number of hydrogen-bond donors (Lipinski definition) is 0. The van der Waals surface area contributed by atoms with Gasteiger partial charge in [0.25, 0.3) is 0 Å². The van der Waals surface area contributed by atoms with Gasteiger partial charge in [0.15, 0.2) is 17.2 Å². The van der Waals surface area contributed by atoms with Crippen LogP contribution >= 0.6 is 0 Å². The van der Waals surface area contributed by atoms with Gasteiger partial charge in [0.1, 0.15) is 0 Å². The second-order valence-electron chi connectivity index (χ2n) is 7.02. The zero-order valence-corrected chi connectivity index (χ0v) is 16.0. The molecule has 0 atom stereocenters. The molecule has 0 aliphatic carbocycles. The molecule has 2 aromatic carbocycles. The molecule has 0 amide bonds. The van der Waals surface area contributed by atoms with Crippen molar-refractivity contribution >= 4 is 23.9 Å². The largest absolute Gasteiger partial charge is 0.462 e. The maximum atomic E-state index is 12.2. The fraction of sp³-hybridized carbons (Fsp3) is 0.227. The number of cyclic esters (lactones) is 1. The molecule has 29 heavy (non-hydrogen) atoms. The molecule has 7 heteroatoms.